The second-order valence-electron chi connectivity index (χ2n) is 4.40. The average Bonchev–Trinajstić information content (AvgIpc) is 2.45. The van der Waals surface area contributed by atoms with Gasteiger partial charge in [-0.15, -0.1) is 0 Å². The van der Waals surface area contributed by atoms with E-state index in [1.807, 2.05) is 30.3 Å². The van der Waals surface area contributed by atoms with E-state index in [9.17, 15) is 9.90 Å². The second kappa shape index (κ2) is 8.63. The molecule has 0 fully saturated rings. The smallest absolute Gasteiger partial charge is 0.237 e. The van der Waals surface area contributed by atoms with E-state index in [1.165, 1.54) is 0 Å². The van der Waals surface area contributed by atoms with Crippen LogP contribution >= 0.6 is 0 Å². The molecule has 0 heterocycles. The fourth-order valence-electron chi connectivity index (χ4n) is 1.78. The molecule has 1 aromatic carbocycles. The first-order chi connectivity index (χ1) is 9.19. The Labute approximate surface area is 113 Å². The van der Waals surface area contributed by atoms with Gasteiger partial charge in [-0.2, -0.15) is 0 Å². The van der Waals surface area contributed by atoms with Gasteiger partial charge in [0.2, 0.25) is 5.91 Å². The molecule has 0 aromatic heterocycles. The second-order valence-corrected chi connectivity index (χ2v) is 4.40. The van der Waals surface area contributed by atoms with E-state index in [-0.39, 0.29) is 12.5 Å². The highest BCUT2D eigenvalue weighted by Crippen LogP contribution is 2.11. The SMILES string of the molecule is COCCCC(N)C(=O)N[C@@H](CO)c1ccccc1. The average molecular weight is 266 g/mol. The minimum Gasteiger partial charge on any atom is -0.394 e. The predicted molar refractivity (Wildman–Crippen MR) is 73.5 cm³/mol. The van der Waals surface area contributed by atoms with E-state index in [2.05, 4.69) is 5.32 Å². The summed E-state index contributed by atoms with van der Waals surface area (Å²) in [5.41, 5.74) is 6.65. The van der Waals surface area contributed by atoms with Gasteiger partial charge in [-0.1, -0.05) is 30.3 Å². The molecule has 19 heavy (non-hydrogen) atoms. The van der Waals surface area contributed by atoms with E-state index in [0.717, 1.165) is 12.0 Å². The summed E-state index contributed by atoms with van der Waals surface area (Å²) < 4.78 is 4.92. The molecule has 0 aliphatic heterocycles. The van der Waals surface area contributed by atoms with Crippen LogP contribution in [0.4, 0.5) is 0 Å². The number of hydrogen-bond donors (Lipinski definition) is 3. The van der Waals surface area contributed by atoms with Crippen LogP contribution in [0.5, 0.6) is 0 Å². The molecule has 5 nitrogen and oxygen atoms in total. The van der Waals surface area contributed by atoms with Crippen LogP contribution < -0.4 is 11.1 Å². The van der Waals surface area contributed by atoms with Gasteiger partial charge in [0.1, 0.15) is 0 Å². The Bertz CT molecular complexity index is 370. The van der Waals surface area contributed by atoms with Crippen LogP contribution in [-0.4, -0.2) is 37.4 Å². The molecule has 0 aliphatic rings. The van der Waals surface area contributed by atoms with Crippen molar-refractivity contribution in [1.29, 1.82) is 0 Å². The van der Waals surface area contributed by atoms with Crippen molar-refractivity contribution in [3.05, 3.63) is 35.9 Å². The quantitative estimate of drug-likeness (QED) is 0.601. The van der Waals surface area contributed by atoms with E-state index in [4.69, 9.17) is 10.5 Å². The normalized spacial score (nSPS) is 13.8. The molecule has 1 amide bonds. The van der Waals surface area contributed by atoms with E-state index in [1.54, 1.807) is 7.11 Å². The van der Waals surface area contributed by atoms with Gasteiger partial charge in [0.05, 0.1) is 18.7 Å². The Balaban J connectivity index is 2.49. The largest absolute Gasteiger partial charge is 0.394 e. The molecule has 0 saturated carbocycles. The summed E-state index contributed by atoms with van der Waals surface area (Å²) in [5.74, 6) is -0.251. The summed E-state index contributed by atoms with van der Waals surface area (Å²) in [6.07, 6.45) is 1.30. The molecule has 0 radical (unpaired) electrons. The monoisotopic (exact) mass is 266 g/mol. The van der Waals surface area contributed by atoms with Crippen molar-refractivity contribution in [3.8, 4) is 0 Å². The van der Waals surface area contributed by atoms with Crippen LogP contribution in [0.25, 0.3) is 0 Å². The van der Waals surface area contributed by atoms with Gasteiger partial charge in [-0.25, -0.2) is 0 Å². The Morgan fingerprint density at radius 2 is 2.11 bits per heavy atom. The number of nitrogens with two attached hydrogens (primary N) is 1. The van der Waals surface area contributed by atoms with Crippen molar-refractivity contribution in [2.75, 3.05) is 20.3 Å². The van der Waals surface area contributed by atoms with Crippen molar-refractivity contribution in [1.82, 2.24) is 5.32 Å². The molecule has 0 spiro atoms. The lowest BCUT2D eigenvalue weighted by Gasteiger charge is -2.19. The maximum atomic E-state index is 11.9. The zero-order valence-corrected chi connectivity index (χ0v) is 11.2. The number of aliphatic hydroxyl groups excluding tert-OH is 1. The molecule has 1 unspecified atom stereocenters. The summed E-state index contributed by atoms with van der Waals surface area (Å²) >= 11 is 0. The number of methoxy groups -OCH3 is 1. The summed E-state index contributed by atoms with van der Waals surface area (Å²) in [5, 5.41) is 12.1. The number of nitrogens with one attached hydrogen (secondary N) is 1. The third-order valence-corrected chi connectivity index (χ3v) is 2.90. The highest BCUT2D eigenvalue weighted by molar-refractivity contribution is 5.81. The van der Waals surface area contributed by atoms with Gasteiger partial charge < -0.3 is 20.9 Å². The standard InChI is InChI=1S/C14H22N2O3/c1-19-9-5-8-12(15)14(18)16-13(10-17)11-6-3-2-4-7-11/h2-4,6-7,12-13,17H,5,8-10,15H2,1H3,(H,16,18)/t12?,13-/m0/s1. The topological polar surface area (TPSA) is 84.6 Å². The molecule has 106 valence electrons. The third kappa shape index (κ3) is 5.38. The van der Waals surface area contributed by atoms with Gasteiger partial charge in [0, 0.05) is 13.7 Å². The molecule has 1 aromatic rings. The first-order valence-electron chi connectivity index (χ1n) is 6.39. The number of ether oxygens (including phenoxy) is 1. The lowest BCUT2D eigenvalue weighted by atomic mass is 10.1. The van der Waals surface area contributed by atoms with Crippen LogP contribution in [0.3, 0.4) is 0 Å². The Kier molecular flexibility index (Phi) is 7.10. The third-order valence-electron chi connectivity index (χ3n) is 2.90. The highest BCUT2D eigenvalue weighted by Gasteiger charge is 2.18. The van der Waals surface area contributed by atoms with Gasteiger partial charge >= 0.3 is 0 Å². The van der Waals surface area contributed by atoms with Gasteiger partial charge in [-0.3, -0.25) is 4.79 Å². The minimum absolute atomic E-state index is 0.152. The molecule has 5 heteroatoms. The first-order valence-corrected chi connectivity index (χ1v) is 6.39. The molecular formula is C14H22N2O3. The number of aliphatic hydroxyl groups is 1. The summed E-state index contributed by atoms with van der Waals surface area (Å²) in [7, 11) is 1.61. The van der Waals surface area contributed by atoms with E-state index < -0.39 is 12.1 Å². The first kappa shape index (κ1) is 15.6. The van der Waals surface area contributed by atoms with Crippen LogP contribution in [0, 0.1) is 0 Å². The van der Waals surface area contributed by atoms with Gasteiger partial charge in [0.15, 0.2) is 0 Å². The molecule has 1 rings (SSSR count). The number of rotatable bonds is 8. The van der Waals surface area contributed by atoms with E-state index >= 15 is 0 Å². The number of amides is 1. The van der Waals surface area contributed by atoms with Crippen molar-refractivity contribution < 1.29 is 14.6 Å². The van der Waals surface area contributed by atoms with Crippen LogP contribution in [0.1, 0.15) is 24.4 Å². The lowest BCUT2D eigenvalue weighted by molar-refractivity contribution is -0.123. The molecule has 2 atom stereocenters. The van der Waals surface area contributed by atoms with Crippen LogP contribution in [0.15, 0.2) is 30.3 Å². The van der Waals surface area contributed by atoms with E-state index in [0.29, 0.717) is 13.0 Å². The molecule has 0 aliphatic carbocycles. The Hall–Kier alpha value is -1.43. The number of benzene rings is 1. The predicted octanol–water partition coefficient (Wildman–Crippen LogP) is 0.590. The van der Waals surface area contributed by atoms with Crippen molar-refractivity contribution in [2.24, 2.45) is 5.73 Å². The van der Waals surface area contributed by atoms with Crippen LogP contribution in [-0.2, 0) is 9.53 Å². The molecular weight excluding hydrogens is 244 g/mol. The van der Waals surface area contributed by atoms with Crippen LogP contribution in [0.2, 0.25) is 0 Å². The Morgan fingerprint density at radius 1 is 1.42 bits per heavy atom. The number of carbonyl (C=O) groups excluding carboxylic acids is 1. The maximum absolute atomic E-state index is 11.9. The summed E-state index contributed by atoms with van der Waals surface area (Å²) in [4.78, 5) is 11.9. The van der Waals surface area contributed by atoms with Gasteiger partial charge in [-0.05, 0) is 18.4 Å². The number of hydrogen-bond acceptors (Lipinski definition) is 4. The molecule has 4 N–H and O–H groups in total. The summed E-state index contributed by atoms with van der Waals surface area (Å²) in [6.45, 7) is 0.434. The van der Waals surface area contributed by atoms with Crippen molar-refractivity contribution in [2.45, 2.75) is 24.9 Å². The molecule has 0 bridgehead atoms. The highest BCUT2D eigenvalue weighted by atomic mass is 16.5. The minimum atomic E-state index is -0.576. The number of carbonyl (C=O) groups is 1. The zero-order chi connectivity index (χ0) is 14.1. The van der Waals surface area contributed by atoms with Gasteiger partial charge in [0.25, 0.3) is 0 Å². The summed E-state index contributed by atoms with van der Waals surface area (Å²) in [6, 6.07) is 8.34. The zero-order valence-electron chi connectivity index (χ0n) is 11.2. The Morgan fingerprint density at radius 3 is 2.68 bits per heavy atom. The fourth-order valence-corrected chi connectivity index (χ4v) is 1.78. The van der Waals surface area contributed by atoms with Crippen molar-refractivity contribution in [3.63, 3.8) is 0 Å². The fraction of sp³-hybridized carbons (Fsp3) is 0.500. The molecule has 0 saturated heterocycles. The van der Waals surface area contributed by atoms with Crippen molar-refractivity contribution >= 4 is 5.91 Å². The lowest BCUT2D eigenvalue weighted by Crippen LogP contribution is -2.43. The maximum Gasteiger partial charge on any atom is 0.237 e.